The number of nitrogens with one attached hydrogen (secondary N) is 1. The average Bonchev–Trinajstić information content (AvgIpc) is 2.68. The van der Waals surface area contributed by atoms with Crippen LogP contribution in [0.3, 0.4) is 0 Å². The molecular weight excluding hydrogens is 388 g/mol. The molecule has 30 heavy (non-hydrogen) atoms. The summed E-state index contributed by atoms with van der Waals surface area (Å²) >= 11 is 0. The molecule has 0 unspecified atom stereocenters. The SMILES string of the molecule is CCOc1cc(/C=N/NC(=O)OC(C)(C)C)ccc1OC(=O)c1ccccc1OC. The number of ether oxygens (including phenoxy) is 4. The Kier molecular flexibility index (Phi) is 7.80. The van der Waals surface area contributed by atoms with Crippen molar-refractivity contribution >= 4 is 18.3 Å². The van der Waals surface area contributed by atoms with Crippen LogP contribution >= 0.6 is 0 Å². The maximum absolute atomic E-state index is 12.6. The second-order valence-electron chi connectivity index (χ2n) is 7.10. The van der Waals surface area contributed by atoms with Crippen LogP contribution in [0.4, 0.5) is 4.79 Å². The lowest BCUT2D eigenvalue weighted by atomic mass is 10.2. The van der Waals surface area contributed by atoms with E-state index in [1.54, 1.807) is 63.2 Å². The Morgan fingerprint density at radius 1 is 1.07 bits per heavy atom. The summed E-state index contributed by atoms with van der Waals surface area (Å²) in [6.07, 6.45) is 0.768. The molecule has 0 bridgehead atoms. The normalized spacial score (nSPS) is 11.1. The Balaban J connectivity index is 2.14. The average molecular weight is 414 g/mol. The fraction of sp³-hybridized carbons (Fsp3) is 0.318. The molecule has 2 aromatic carbocycles. The molecule has 0 atom stereocenters. The molecule has 8 heteroatoms. The molecule has 0 aliphatic heterocycles. The number of rotatable bonds is 7. The Bertz CT molecular complexity index is 918. The van der Waals surface area contributed by atoms with Crippen molar-refractivity contribution in [3.8, 4) is 17.2 Å². The summed E-state index contributed by atoms with van der Waals surface area (Å²) in [5.41, 5.74) is 2.60. The topological polar surface area (TPSA) is 95.5 Å². The molecule has 0 aliphatic rings. The van der Waals surface area contributed by atoms with E-state index in [0.29, 0.717) is 29.2 Å². The monoisotopic (exact) mass is 414 g/mol. The smallest absolute Gasteiger partial charge is 0.428 e. The Hall–Kier alpha value is -3.55. The maximum Gasteiger partial charge on any atom is 0.428 e. The van der Waals surface area contributed by atoms with Gasteiger partial charge in [0, 0.05) is 0 Å². The van der Waals surface area contributed by atoms with Crippen molar-refractivity contribution in [3.63, 3.8) is 0 Å². The van der Waals surface area contributed by atoms with E-state index < -0.39 is 17.7 Å². The molecule has 0 aromatic heterocycles. The molecule has 0 fully saturated rings. The van der Waals surface area contributed by atoms with E-state index in [4.69, 9.17) is 18.9 Å². The van der Waals surface area contributed by atoms with Gasteiger partial charge >= 0.3 is 12.1 Å². The first-order valence-electron chi connectivity index (χ1n) is 9.37. The highest BCUT2D eigenvalue weighted by atomic mass is 16.6. The predicted molar refractivity (Wildman–Crippen MR) is 113 cm³/mol. The largest absolute Gasteiger partial charge is 0.496 e. The molecule has 2 aromatic rings. The molecule has 0 radical (unpaired) electrons. The minimum absolute atomic E-state index is 0.255. The van der Waals surface area contributed by atoms with E-state index in [1.807, 2.05) is 6.92 Å². The number of benzene rings is 2. The van der Waals surface area contributed by atoms with Crippen LogP contribution in [-0.4, -0.2) is 37.6 Å². The Morgan fingerprint density at radius 3 is 2.47 bits per heavy atom. The van der Waals surface area contributed by atoms with Gasteiger partial charge in [-0.05, 0) is 63.6 Å². The third-order valence-corrected chi connectivity index (χ3v) is 3.57. The molecule has 2 rings (SSSR count). The molecule has 8 nitrogen and oxygen atoms in total. The molecule has 160 valence electrons. The first-order chi connectivity index (χ1) is 14.2. The standard InChI is InChI=1S/C22H26N2O6/c1-6-28-19-13-15(14-23-24-21(26)30-22(2,3)4)11-12-18(19)29-20(25)16-9-7-8-10-17(16)27-5/h7-14H,6H2,1-5H3,(H,24,26)/b23-14+. The van der Waals surface area contributed by atoms with Crippen LogP contribution in [0.5, 0.6) is 17.2 Å². The van der Waals surface area contributed by atoms with Gasteiger partial charge in [-0.25, -0.2) is 15.0 Å². The van der Waals surface area contributed by atoms with Crippen LogP contribution in [0.15, 0.2) is 47.6 Å². The zero-order chi connectivity index (χ0) is 22.1. The molecule has 1 amide bonds. The lowest BCUT2D eigenvalue weighted by Crippen LogP contribution is -2.29. The molecule has 1 N–H and O–H groups in total. The first kappa shape index (κ1) is 22.7. The van der Waals surface area contributed by atoms with Gasteiger partial charge in [-0.3, -0.25) is 0 Å². The van der Waals surface area contributed by atoms with E-state index in [-0.39, 0.29) is 5.75 Å². The third-order valence-electron chi connectivity index (χ3n) is 3.57. The van der Waals surface area contributed by atoms with Gasteiger partial charge in [0.05, 0.1) is 19.9 Å². The predicted octanol–water partition coefficient (Wildman–Crippen LogP) is 4.17. The second kappa shape index (κ2) is 10.3. The summed E-state index contributed by atoms with van der Waals surface area (Å²) in [6.45, 7) is 7.47. The van der Waals surface area contributed by atoms with Crippen LogP contribution in [0.25, 0.3) is 0 Å². The zero-order valence-electron chi connectivity index (χ0n) is 17.7. The molecule has 0 heterocycles. The van der Waals surface area contributed by atoms with E-state index in [2.05, 4.69) is 10.5 Å². The minimum atomic E-state index is -0.661. The number of methoxy groups -OCH3 is 1. The lowest BCUT2D eigenvalue weighted by molar-refractivity contribution is 0.0529. The minimum Gasteiger partial charge on any atom is -0.496 e. The number of nitrogens with zero attached hydrogens (tertiary/aromatic N) is 1. The number of hydrogen-bond donors (Lipinski definition) is 1. The molecule has 0 aliphatic carbocycles. The molecule has 0 saturated carbocycles. The third kappa shape index (κ3) is 6.80. The summed E-state index contributed by atoms with van der Waals surface area (Å²) in [4.78, 5) is 24.2. The fourth-order valence-corrected chi connectivity index (χ4v) is 2.39. The van der Waals surface area contributed by atoms with Crippen LogP contribution in [-0.2, 0) is 4.74 Å². The van der Waals surface area contributed by atoms with Gasteiger partial charge in [0.25, 0.3) is 0 Å². The number of carbonyl (C=O) groups excluding carboxylic acids is 2. The van der Waals surface area contributed by atoms with Gasteiger partial charge in [0.1, 0.15) is 16.9 Å². The molecule has 0 spiro atoms. The summed E-state index contributed by atoms with van der Waals surface area (Å²) in [5.74, 6) is 0.464. The van der Waals surface area contributed by atoms with E-state index in [0.717, 1.165) is 0 Å². The van der Waals surface area contributed by atoms with E-state index in [9.17, 15) is 9.59 Å². The second-order valence-corrected chi connectivity index (χ2v) is 7.10. The highest BCUT2D eigenvalue weighted by molar-refractivity contribution is 5.94. The van der Waals surface area contributed by atoms with Crippen molar-refractivity contribution in [1.82, 2.24) is 5.43 Å². The zero-order valence-corrected chi connectivity index (χ0v) is 17.7. The number of hydrazone groups is 1. The van der Waals surface area contributed by atoms with Crippen LogP contribution in [0.1, 0.15) is 43.6 Å². The van der Waals surface area contributed by atoms with Crippen LogP contribution in [0.2, 0.25) is 0 Å². The van der Waals surface area contributed by atoms with Gasteiger partial charge in [0.2, 0.25) is 0 Å². The maximum atomic E-state index is 12.6. The highest BCUT2D eigenvalue weighted by Gasteiger charge is 2.17. The molecular formula is C22H26N2O6. The number of esters is 1. The first-order valence-corrected chi connectivity index (χ1v) is 9.37. The number of hydrogen-bond acceptors (Lipinski definition) is 7. The van der Waals surface area contributed by atoms with Crippen molar-refractivity contribution in [2.24, 2.45) is 5.10 Å². The van der Waals surface area contributed by atoms with Gasteiger partial charge in [-0.1, -0.05) is 12.1 Å². The summed E-state index contributed by atoms with van der Waals surface area (Å²) < 4.78 is 21.4. The van der Waals surface area contributed by atoms with Gasteiger partial charge in [-0.2, -0.15) is 5.10 Å². The van der Waals surface area contributed by atoms with Crippen molar-refractivity contribution in [3.05, 3.63) is 53.6 Å². The van der Waals surface area contributed by atoms with Gasteiger partial charge in [-0.15, -0.1) is 0 Å². The number of para-hydroxylation sites is 1. The Labute approximate surface area is 175 Å². The van der Waals surface area contributed by atoms with E-state index >= 15 is 0 Å². The van der Waals surface area contributed by atoms with Crippen molar-refractivity contribution in [2.45, 2.75) is 33.3 Å². The Morgan fingerprint density at radius 2 is 1.80 bits per heavy atom. The summed E-state index contributed by atoms with van der Waals surface area (Å²) in [5, 5.41) is 3.86. The van der Waals surface area contributed by atoms with Crippen molar-refractivity contribution in [2.75, 3.05) is 13.7 Å². The van der Waals surface area contributed by atoms with Crippen molar-refractivity contribution in [1.29, 1.82) is 0 Å². The number of carbonyl (C=O) groups is 2. The number of amides is 1. The quantitative estimate of drug-likeness (QED) is 0.316. The van der Waals surface area contributed by atoms with Gasteiger partial charge < -0.3 is 18.9 Å². The fourth-order valence-electron chi connectivity index (χ4n) is 2.39. The summed E-state index contributed by atoms with van der Waals surface area (Å²) in [6, 6.07) is 11.7. The highest BCUT2D eigenvalue weighted by Crippen LogP contribution is 2.30. The van der Waals surface area contributed by atoms with Crippen LogP contribution in [0, 0.1) is 0 Å². The van der Waals surface area contributed by atoms with Gasteiger partial charge in [0.15, 0.2) is 11.5 Å². The van der Waals surface area contributed by atoms with E-state index in [1.165, 1.54) is 13.3 Å². The van der Waals surface area contributed by atoms with Crippen LogP contribution < -0.4 is 19.6 Å². The molecule has 0 saturated heterocycles. The summed E-state index contributed by atoms with van der Waals surface area (Å²) in [7, 11) is 1.48. The van der Waals surface area contributed by atoms with Crippen molar-refractivity contribution < 1.29 is 28.5 Å². The lowest BCUT2D eigenvalue weighted by Gasteiger charge is -2.18.